The molecule has 0 fully saturated rings. The molecule has 1 aromatic carbocycles. The summed E-state index contributed by atoms with van der Waals surface area (Å²) < 4.78 is 19.8. The van der Waals surface area contributed by atoms with Crippen LogP contribution in [0.3, 0.4) is 0 Å². The average molecular weight is 250 g/mol. The molecule has 6 heteroatoms. The van der Waals surface area contributed by atoms with Crippen LogP contribution in [0.25, 0.3) is 11.3 Å². The van der Waals surface area contributed by atoms with Crippen LogP contribution < -0.4 is 4.74 Å². The van der Waals surface area contributed by atoms with E-state index >= 15 is 0 Å². The summed E-state index contributed by atoms with van der Waals surface area (Å²) >= 11 is 0. The van der Waals surface area contributed by atoms with Crippen molar-refractivity contribution in [3.8, 4) is 17.0 Å². The van der Waals surface area contributed by atoms with Crippen molar-refractivity contribution in [1.82, 2.24) is 9.78 Å². The van der Waals surface area contributed by atoms with E-state index in [1.165, 1.54) is 30.1 Å². The number of carboxylic acids is 1. The van der Waals surface area contributed by atoms with E-state index in [4.69, 9.17) is 9.84 Å². The molecule has 0 spiro atoms. The predicted molar refractivity (Wildman–Crippen MR) is 62.1 cm³/mol. The lowest BCUT2D eigenvalue weighted by atomic mass is 10.1. The third-order valence-corrected chi connectivity index (χ3v) is 2.59. The number of hydrogen-bond donors (Lipinski definition) is 1. The lowest BCUT2D eigenvalue weighted by molar-refractivity contribution is 0.0697. The minimum atomic E-state index is -1.10. The van der Waals surface area contributed by atoms with E-state index in [1.807, 2.05) is 0 Å². The summed E-state index contributed by atoms with van der Waals surface area (Å²) in [6, 6.07) is 4.26. The van der Waals surface area contributed by atoms with Crippen LogP contribution in [0.15, 0.2) is 24.4 Å². The van der Waals surface area contributed by atoms with Crippen molar-refractivity contribution < 1.29 is 19.0 Å². The third-order valence-electron chi connectivity index (χ3n) is 2.59. The third kappa shape index (κ3) is 1.92. The highest BCUT2D eigenvalue weighted by Crippen LogP contribution is 2.27. The second kappa shape index (κ2) is 4.48. The van der Waals surface area contributed by atoms with Gasteiger partial charge in [-0.2, -0.15) is 5.10 Å². The second-order valence-electron chi connectivity index (χ2n) is 3.68. The van der Waals surface area contributed by atoms with Crippen LogP contribution in [-0.4, -0.2) is 28.0 Å². The summed E-state index contributed by atoms with van der Waals surface area (Å²) in [5, 5.41) is 12.9. The zero-order chi connectivity index (χ0) is 13.3. The Morgan fingerprint density at radius 3 is 2.78 bits per heavy atom. The number of carboxylic acid groups (broad SMARTS) is 1. The Morgan fingerprint density at radius 1 is 1.50 bits per heavy atom. The van der Waals surface area contributed by atoms with Crippen molar-refractivity contribution in [1.29, 1.82) is 0 Å². The molecule has 1 N–H and O–H groups in total. The Morgan fingerprint density at radius 2 is 2.22 bits per heavy atom. The lowest BCUT2D eigenvalue weighted by Gasteiger charge is -2.07. The Labute approximate surface area is 102 Å². The summed E-state index contributed by atoms with van der Waals surface area (Å²) in [6.45, 7) is 0. The highest BCUT2D eigenvalue weighted by molar-refractivity contribution is 5.94. The van der Waals surface area contributed by atoms with Crippen LogP contribution in [0.5, 0.6) is 5.75 Å². The molecule has 0 saturated carbocycles. The molecule has 0 aliphatic rings. The standard InChI is InChI=1S/C12H11FN2O3/c1-15-11(8(6-14-15)12(16)17)7-3-4-10(18-2)9(13)5-7/h3-6H,1-2H3,(H,16,17). The fourth-order valence-corrected chi connectivity index (χ4v) is 1.75. The summed E-state index contributed by atoms with van der Waals surface area (Å²) in [6.07, 6.45) is 1.24. The summed E-state index contributed by atoms with van der Waals surface area (Å²) in [4.78, 5) is 11.0. The Balaban J connectivity index is 2.58. The molecule has 0 atom stereocenters. The molecule has 5 nitrogen and oxygen atoms in total. The normalized spacial score (nSPS) is 10.4. The molecule has 94 valence electrons. The maximum atomic E-state index is 13.6. The number of rotatable bonds is 3. The van der Waals surface area contributed by atoms with Gasteiger partial charge in [-0.15, -0.1) is 0 Å². The molecule has 0 aliphatic carbocycles. The molecule has 0 unspecified atom stereocenters. The highest BCUT2D eigenvalue weighted by Gasteiger charge is 2.17. The smallest absolute Gasteiger partial charge is 0.339 e. The van der Waals surface area contributed by atoms with Gasteiger partial charge >= 0.3 is 5.97 Å². The first-order chi connectivity index (χ1) is 8.54. The van der Waals surface area contributed by atoms with Gasteiger partial charge < -0.3 is 9.84 Å². The molecule has 2 aromatic rings. The molecule has 1 aromatic heterocycles. The number of benzene rings is 1. The SMILES string of the molecule is COc1ccc(-c2c(C(=O)O)cnn2C)cc1F. The Kier molecular flexibility index (Phi) is 3.01. The fourth-order valence-electron chi connectivity index (χ4n) is 1.75. The number of aromatic carboxylic acids is 1. The van der Waals surface area contributed by atoms with Gasteiger partial charge in [0.15, 0.2) is 11.6 Å². The van der Waals surface area contributed by atoms with Gasteiger partial charge in [-0.25, -0.2) is 9.18 Å². The molecular formula is C12H11FN2O3. The molecule has 0 saturated heterocycles. The number of ether oxygens (including phenoxy) is 1. The van der Waals surface area contributed by atoms with E-state index in [2.05, 4.69) is 5.10 Å². The minimum absolute atomic E-state index is 0.0297. The Hall–Kier alpha value is -2.37. The van der Waals surface area contributed by atoms with Crippen molar-refractivity contribution in [3.63, 3.8) is 0 Å². The van der Waals surface area contributed by atoms with Crippen LogP contribution in [0, 0.1) is 5.82 Å². The van der Waals surface area contributed by atoms with Crippen LogP contribution in [0.2, 0.25) is 0 Å². The van der Waals surface area contributed by atoms with Gasteiger partial charge in [-0.05, 0) is 18.2 Å². The van der Waals surface area contributed by atoms with E-state index in [9.17, 15) is 9.18 Å². The topological polar surface area (TPSA) is 64.3 Å². The summed E-state index contributed by atoms with van der Waals surface area (Å²) in [7, 11) is 2.97. The van der Waals surface area contributed by atoms with E-state index in [0.29, 0.717) is 11.3 Å². The molecule has 1 heterocycles. The van der Waals surface area contributed by atoms with Gasteiger partial charge in [0.05, 0.1) is 19.0 Å². The monoisotopic (exact) mass is 250 g/mol. The number of halogens is 1. The number of aromatic nitrogens is 2. The predicted octanol–water partition coefficient (Wildman–Crippen LogP) is 1.93. The first kappa shape index (κ1) is 12.1. The van der Waals surface area contributed by atoms with Crippen LogP contribution in [-0.2, 0) is 7.05 Å². The molecule has 0 aliphatic heterocycles. The van der Waals surface area contributed by atoms with Crippen LogP contribution in [0.1, 0.15) is 10.4 Å². The average Bonchev–Trinajstić information content (AvgIpc) is 2.71. The molecule has 0 bridgehead atoms. The Bertz CT molecular complexity index is 607. The maximum Gasteiger partial charge on any atom is 0.339 e. The first-order valence-electron chi connectivity index (χ1n) is 5.13. The van der Waals surface area contributed by atoms with Gasteiger partial charge in [0, 0.05) is 12.6 Å². The minimum Gasteiger partial charge on any atom is -0.494 e. The van der Waals surface area contributed by atoms with Crippen molar-refractivity contribution in [3.05, 3.63) is 35.8 Å². The highest BCUT2D eigenvalue weighted by atomic mass is 19.1. The lowest BCUT2D eigenvalue weighted by Crippen LogP contribution is -2.01. The molecular weight excluding hydrogens is 239 g/mol. The van der Waals surface area contributed by atoms with Gasteiger partial charge in [-0.3, -0.25) is 4.68 Å². The molecule has 18 heavy (non-hydrogen) atoms. The number of hydrogen-bond acceptors (Lipinski definition) is 3. The van der Waals surface area contributed by atoms with Gasteiger partial charge in [0.2, 0.25) is 0 Å². The summed E-state index contributed by atoms with van der Waals surface area (Å²) in [5.74, 6) is -1.54. The van der Waals surface area contributed by atoms with Gasteiger partial charge in [-0.1, -0.05) is 0 Å². The van der Waals surface area contributed by atoms with Gasteiger partial charge in [0.1, 0.15) is 5.56 Å². The van der Waals surface area contributed by atoms with E-state index in [1.54, 1.807) is 13.1 Å². The number of methoxy groups -OCH3 is 1. The zero-order valence-corrected chi connectivity index (χ0v) is 9.85. The van der Waals surface area contributed by atoms with Crippen molar-refractivity contribution >= 4 is 5.97 Å². The maximum absolute atomic E-state index is 13.6. The number of aryl methyl sites for hydroxylation is 1. The van der Waals surface area contributed by atoms with Crippen molar-refractivity contribution in [2.24, 2.45) is 7.05 Å². The van der Waals surface area contributed by atoms with Crippen LogP contribution in [0.4, 0.5) is 4.39 Å². The second-order valence-corrected chi connectivity index (χ2v) is 3.68. The molecule has 0 amide bonds. The van der Waals surface area contributed by atoms with E-state index in [0.717, 1.165) is 0 Å². The van der Waals surface area contributed by atoms with Crippen LogP contribution >= 0.6 is 0 Å². The fraction of sp³-hybridized carbons (Fsp3) is 0.167. The number of nitrogens with zero attached hydrogens (tertiary/aromatic N) is 2. The van der Waals surface area contributed by atoms with E-state index in [-0.39, 0.29) is 11.3 Å². The first-order valence-corrected chi connectivity index (χ1v) is 5.13. The molecule has 0 radical (unpaired) electrons. The zero-order valence-electron chi connectivity index (χ0n) is 9.85. The molecule has 2 rings (SSSR count). The number of carbonyl (C=O) groups is 1. The van der Waals surface area contributed by atoms with E-state index < -0.39 is 11.8 Å². The largest absolute Gasteiger partial charge is 0.494 e. The quantitative estimate of drug-likeness (QED) is 0.904. The summed E-state index contributed by atoms with van der Waals surface area (Å²) in [5.41, 5.74) is 0.816. The van der Waals surface area contributed by atoms with Crippen molar-refractivity contribution in [2.75, 3.05) is 7.11 Å². The van der Waals surface area contributed by atoms with Crippen molar-refractivity contribution in [2.45, 2.75) is 0 Å². The van der Waals surface area contributed by atoms with Gasteiger partial charge in [0.25, 0.3) is 0 Å².